The van der Waals surface area contributed by atoms with E-state index in [1.165, 1.54) is 13.8 Å². The van der Waals surface area contributed by atoms with Crippen LogP contribution in [0.3, 0.4) is 0 Å². The number of nitrogens with zero attached hydrogens (tertiary/aromatic N) is 1. The Hall–Kier alpha value is -1.81. The number of aliphatic hydroxyl groups is 1. The Morgan fingerprint density at radius 3 is 2.53 bits per heavy atom. The molecule has 2 unspecified atom stereocenters. The first kappa shape index (κ1) is 17.2. The summed E-state index contributed by atoms with van der Waals surface area (Å²) in [4.78, 5) is 36.5. The zero-order chi connectivity index (χ0) is 15.0. The molecule has 9 nitrogen and oxygen atoms in total. The first-order valence-electron chi connectivity index (χ1n) is 5.29. The molecule has 0 aliphatic heterocycles. The fourth-order valence-corrected chi connectivity index (χ4v) is 1.27. The van der Waals surface area contributed by atoms with Crippen LogP contribution in [0.25, 0.3) is 0 Å². The van der Waals surface area contributed by atoms with Crippen molar-refractivity contribution in [2.24, 2.45) is 0 Å². The number of hydrogen-bond donors (Lipinski definition) is 3. The van der Waals surface area contributed by atoms with Gasteiger partial charge in [0.1, 0.15) is 12.6 Å². The maximum atomic E-state index is 11.7. The lowest BCUT2D eigenvalue weighted by Crippen LogP contribution is -2.53. The van der Waals surface area contributed by atoms with E-state index >= 15 is 0 Å². The third-order valence-electron chi connectivity index (χ3n) is 1.90. The summed E-state index contributed by atoms with van der Waals surface area (Å²) in [6, 6.07) is -1.18. The lowest BCUT2D eigenvalue weighted by molar-refractivity contribution is -0.757. The molecule has 0 saturated heterocycles. The summed E-state index contributed by atoms with van der Waals surface area (Å²) in [5, 5.41) is 22.8. The molecule has 0 radical (unpaired) electrons. The quantitative estimate of drug-likeness (QED) is 0.216. The predicted octanol–water partition coefficient (Wildman–Crippen LogP) is -1.43. The molecule has 10 heteroatoms. The van der Waals surface area contributed by atoms with Crippen molar-refractivity contribution in [2.75, 3.05) is 13.2 Å². The molecule has 3 N–H and O–H groups in total. The minimum Gasteiger partial charge on any atom is -0.388 e. The molecule has 19 heavy (non-hydrogen) atoms. The van der Waals surface area contributed by atoms with Crippen LogP contribution >= 0.6 is 12.2 Å². The van der Waals surface area contributed by atoms with Gasteiger partial charge in [0.25, 0.3) is 5.09 Å². The molecule has 2 atom stereocenters. The third kappa shape index (κ3) is 7.26. The fourth-order valence-electron chi connectivity index (χ4n) is 1.11. The molecule has 0 spiro atoms. The van der Waals surface area contributed by atoms with Gasteiger partial charge in [0.05, 0.1) is 11.0 Å². The average molecular weight is 293 g/mol. The van der Waals surface area contributed by atoms with E-state index in [4.69, 9.17) is 12.2 Å². The van der Waals surface area contributed by atoms with Gasteiger partial charge in [0, 0.05) is 13.5 Å². The molecule has 0 bridgehead atoms. The molecule has 0 aromatic rings. The first-order valence-corrected chi connectivity index (χ1v) is 5.70. The van der Waals surface area contributed by atoms with Crippen molar-refractivity contribution in [1.29, 1.82) is 0 Å². The number of rotatable bonds is 8. The number of amides is 2. The molecule has 0 rings (SSSR count). The average Bonchev–Trinajstić information content (AvgIpc) is 2.29. The van der Waals surface area contributed by atoms with Crippen LogP contribution in [-0.4, -0.2) is 52.2 Å². The number of thiocarbonyl (C=S) groups is 1. The zero-order valence-electron chi connectivity index (χ0n) is 10.4. The SMILES string of the molecule is CC(=O)NC(C(=O)NCCO[N+](=O)[O-])C(=S)C(C)O. The van der Waals surface area contributed by atoms with Crippen LogP contribution in [0.15, 0.2) is 0 Å². The van der Waals surface area contributed by atoms with Crippen molar-refractivity contribution in [3.05, 3.63) is 10.1 Å². The third-order valence-corrected chi connectivity index (χ3v) is 2.48. The summed E-state index contributed by atoms with van der Waals surface area (Å²) in [6.07, 6.45) is -1.06. The number of hydrogen-bond acceptors (Lipinski definition) is 7. The van der Waals surface area contributed by atoms with Gasteiger partial charge >= 0.3 is 0 Å². The molecule has 0 heterocycles. The first-order chi connectivity index (χ1) is 8.75. The Morgan fingerprint density at radius 2 is 2.11 bits per heavy atom. The van der Waals surface area contributed by atoms with E-state index in [0.717, 1.165) is 0 Å². The smallest absolute Gasteiger partial charge is 0.294 e. The molecule has 0 aliphatic carbocycles. The molecule has 0 saturated carbocycles. The Bertz CT molecular complexity index is 373. The van der Waals surface area contributed by atoms with Crippen molar-refractivity contribution in [3.63, 3.8) is 0 Å². The largest absolute Gasteiger partial charge is 0.388 e. The predicted molar refractivity (Wildman–Crippen MR) is 67.8 cm³/mol. The summed E-state index contributed by atoms with van der Waals surface area (Å²) in [5.41, 5.74) is 0. The fraction of sp³-hybridized carbons (Fsp3) is 0.667. The van der Waals surface area contributed by atoms with Crippen LogP contribution in [0.1, 0.15) is 13.8 Å². The highest BCUT2D eigenvalue weighted by molar-refractivity contribution is 7.80. The second-order valence-corrected chi connectivity index (χ2v) is 4.03. The van der Waals surface area contributed by atoms with Crippen molar-refractivity contribution in [3.8, 4) is 0 Å². The van der Waals surface area contributed by atoms with Gasteiger partial charge in [-0.05, 0) is 6.92 Å². The standard InChI is InChI=1S/C9H15N3O6S/c1-5(13)8(19)7(11-6(2)14)9(15)10-3-4-18-12(16)17/h5,7,13H,3-4H2,1-2H3,(H,10,15)(H,11,14). The van der Waals surface area contributed by atoms with Gasteiger partial charge in [0.15, 0.2) is 0 Å². The van der Waals surface area contributed by atoms with E-state index in [9.17, 15) is 24.8 Å². The Labute approximate surface area is 114 Å². The molecule has 0 aliphatic rings. The molecule has 0 aromatic carbocycles. The van der Waals surface area contributed by atoms with Gasteiger partial charge < -0.3 is 20.6 Å². The molecular formula is C9H15N3O6S. The summed E-state index contributed by atoms with van der Waals surface area (Å²) in [6.45, 7) is 2.10. The van der Waals surface area contributed by atoms with Crippen molar-refractivity contribution < 1.29 is 24.6 Å². The summed E-state index contributed by atoms with van der Waals surface area (Å²) in [7, 11) is 0. The Morgan fingerprint density at radius 1 is 1.53 bits per heavy atom. The molecule has 2 amide bonds. The lowest BCUT2D eigenvalue weighted by atomic mass is 10.1. The monoisotopic (exact) mass is 293 g/mol. The van der Waals surface area contributed by atoms with E-state index < -0.39 is 29.0 Å². The second kappa shape index (κ2) is 8.32. The highest BCUT2D eigenvalue weighted by Gasteiger charge is 2.26. The Kier molecular flexibility index (Phi) is 7.53. The molecule has 0 fully saturated rings. The highest BCUT2D eigenvalue weighted by Crippen LogP contribution is 1.97. The minimum atomic E-state index is -1.18. The molecular weight excluding hydrogens is 278 g/mol. The van der Waals surface area contributed by atoms with Gasteiger partial charge in [-0.2, -0.15) is 0 Å². The topological polar surface area (TPSA) is 131 Å². The summed E-state index contributed by atoms with van der Waals surface area (Å²) < 4.78 is 0. The zero-order valence-corrected chi connectivity index (χ0v) is 11.2. The normalized spacial score (nSPS) is 13.0. The Balaban J connectivity index is 4.42. The van der Waals surface area contributed by atoms with Crippen LogP contribution < -0.4 is 10.6 Å². The van der Waals surface area contributed by atoms with Crippen molar-refractivity contribution in [1.82, 2.24) is 10.6 Å². The van der Waals surface area contributed by atoms with E-state index in [-0.39, 0.29) is 18.0 Å². The number of carbonyl (C=O) groups is 2. The lowest BCUT2D eigenvalue weighted by Gasteiger charge is -2.20. The van der Waals surface area contributed by atoms with Gasteiger partial charge in [0.2, 0.25) is 11.8 Å². The number of carbonyl (C=O) groups excluding carboxylic acids is 2. The summed E-state index contributed by atoms with van der Waals surface area (Å²) >= 11 is 4.85. The van der Waals surface area contributed by atoms with Crippen LogP contribution in [0.4, 0.5) is 0 Å². The van der Waals surface area contributed by atoms with E-state index in [1.807, 2.05) is 0 Å². The maximum absolute atomic E-state index is 11.7. The van der Waals surface area contributed by atoms with Gasteiger partial charge in [-0.15, -0.1) is 10.1 Å². The number of nitrogens with one attached hydrogen (secondary N) is 2. The highest BCUT2D eigenvalue weighted by atomic mass is 32.1. The van der Waals surface area contributed by atoms with Crippen LogP contribution in [-0.2, 0) is 14.4 Å². The van der Waals surface area contributed by atoms with E-state index in [2.05, 4.69) is 15.5 Å². The van der Waals surface area contributed by atoms with Gasteiger partial charge in [-0.3, -0.25) is 9.59 Å². The van der Waals surface area contributed by atoms with Crippen LogP contribution in [0, 0.1) is 10.1 Å². The van der Waals surface area contributed by atoms with Crippen molar-refractivity contribution in [2.45, 2.75) is 26.0 Å². The molecule has 108 valence electrons. The minimum absolute atomic E-state index is 0.0529. The maximum Gasteiger partial charge on any atom is 0.294 e. The van der Waals surface area contributed by atoms with Gasteiger partial charge in [-0.25, -0.2) is 0 Å². The van der Waals surface area contributed by atoms with E-state index in [0.29, 0.717) is 0 Å². The van der Waals surface area contributed by atoms with Crippen LogP contribution in [0.5, 0.6) is 0 Å². The van der Waals surface area contributed by atoms with Crippen LogP contribution in [0.2, 0.25) is 0 Å². The number of aliphatic hydroxyl groups excluding tert-OH is 1. The van der Waals surface area contributed by atoms with Crippen molar-refractivity contribution >= 4 is 28.9 Å². The van der Waals surface area contributed by atoms with E-state index in [1.54, 1.807) is 0 Å². The van der Waals surface area contributed by atoms with Gasteiger partial charge in [-0.1, -0.05) is 12.2 Å². The molecule has 0 aromatic heterocycles. The summed E-state index contributed by atoms with van der Waals surface area (Å²) in [5.74, 6) is -1.17. The second-order valence-electron chi connectivity index (χ2n) is 3.56.